The van der Waals surface area contributed by atoms with Crippen LogP contribution in [-0.2, 0) is 0 Å². The number of hydrogen-bond acceptors (Lipinski definition) is 1. The Bertz CT molecular complexity index is 156. The van der Waals surface area contributed by atoms with Crippen LogP contribution in [0.4, 0.5) is 0 Å². The van der Waals surface area contributed by atoms with Crippen LogP contribution in [-0.4, -0.2) is 7.05 Å². The van der Waals surface area contributed by atoms with Crippen LogP contribution in [0.25, 0.3) is 0 Å². The Labute approximate surface area is 69.2 Å². The van der Waals surface area contributed by atoms with E-state index in [1.165, 1.54) is 31.4 Å². The highest BCUT2D eigenvalue weighted by atomic mass is 14.8. The van der Waals surface area contributed by atoms with E-state index < -0.39 is 0 Å². The van der Waals surface area contributed by atoms with Gasteiger partial charge in [0.2, 0.25) is 0 Å². The van der Waals surface area contributed by atoms with Crippen molar-refractivity contribution in [1.82, 2.24) is 5.32 Å². The molecule has 0 unspecified atom stereocenters. The number of rotatable bonds is 1. The lowest BCUT2D eigenvalue weighted by molar-refractivity contribution is 0.713. The van der Waals surface area contributed by atoms with Gasteiger partial charge in [0, 0.05) is 12.7 Å². The minimum absolute atomic E-state index is 1.09. The van der Waals surface area contributed by atoms with Gasteiger partial charge in [0.25, 0.3) is 0 Å². The van der Waals surface area contributed by atoms with Crippen molar-refractivity contribution < 1.29 is 0 Å². The van der Waals surface area contributed by atoms with Gasteiger partial charge in [0.15, 0.2) is 0 Å². The summed E-state index contributed by atoms with van der Waals surface area (Å²) in [7, 11) is 2.01. The number of hydrogen-bond donors (Lipinski definition) is 1. The molecule has 0 aromatic heterocycles. The molecule has 0 radical (unpaired) electrons. The summed E-state index contributed by atoms with van der Waals surface area (Å²) in [6.45, 7) is 0. The molecule has 1 aliphatic carbocycles. The average Bonchev–Trinajstić information content (AvgIpc) is 2.16. The monoisotopic (exact) mass is 151 g/mol. The molecule has 1 heteroatoms. The third-order valence-corrected chi connectivity index (χ3v) is 2.06. The molecule has 11 heavy (non-hydrogen) atoms. The highest BCUT2D eigenvalue weighted by molar-refractivity contribution is 5.03. The fraction of sp³-hybridized carbons (Fsp3) is 0.600. The molecule has 0 aromatic carbocycles. The summed E-state index contributed by atoms with van der Waals surface area (Å²) >= 11 is 0. The van der Waals surface area contributed by atoms with Gasteiger partial charge in [-0.05, 0) is 32.1 Å². The smallest absolute Gasteiger partial charge is 0.00666 e. The SMILES string of the molecule is CN/C1=C/C/C=C\CCCC1. The van der Waals surface area contributed by atoms with Crippen LogP contribution < -0.4 is 5.32 Å². The van der Waals surface area contributed by atoms with E-state index in [9.17, 15) is 0 Å². The molecule has 1 aliphatic rings. The average molecular weight is 151 g/mol. The topological polar surface area (TPSA) is 12.0 Å². The molecule has 0 fully saturated rings. The van der Waals surface area contributed by atoms with Crippen molar-refractivity contribution in [2.24, 2.45) is 0 Å². The maximum absolute atomic E-state index is 3.23. The lowest BCUT2D eigenvalue weighted by atomic mass is 10.1. The lowest BCUT2D eigenvalue weighted by Crippen LogP contribution is -2.05. The van der Waals surface area contributed by atoms with Gasteiger partial charge >= 0.3 is 0 Å². The van der Waals surface area contributed by atoms with Gasteiger partial charge < -0.3 is 5.32 Å². The maximum Gasteiger partial charge on any atom is 0.00666 e. The molecule has 0 bridgehead atoms. The predicted octanol–water partition coefficient (Wildman–Crippen LogP) is 2.61. The first-order chi connectivity index (χ1) is 5.43. The summed E-state index contributed by atoms with van der Waals surface area (Å²) in [5.74, 6) is 0. The molecule has 0 aromatic rings. The lowest BCUT2D eigenvalue weighted by Gasteiger charge is -2.04. The Balaban J connectivity index is 2.44. The summed E-state index contributed by atoms with van der Waals surface area (Å²) in [5.41, 5.74) is 1.40. The molecular formula is C10H17N. The summed E-state index contributed by atoms with van der Waals surface area (Å²) in [5, 5.41) is 3.23. The first-order valence-electron chi connectivity index (χ1n) is 4.45. The normalized spacial score (nSPS) is 27.2. The van der Waals surface area contributed by atoms with E-state index in [2.05, 4.69) is 23.5 Å². The minimum Gasteiger partial charge on any atom is -0.392 e. The maximum atomic E-state index is 3.23. The van der Waals surface area contributed by atoms with Crippen molar-refractivity contribution in [3.8, 4) is 0 Å². The molecule has 1 nitrogen and oxygen atoms in total. The van der Waals surface area contributed by atoms with E-state index in [1.54, 1.807) is 0 Å². The van der Waals surface area contributed by atoms with Gasteiger partial charge in [0.05, 0.1) is 0 Å². The van der Waals surface area contributed by atoms with Crippen molar-refractivity contribution >= 4 is 0 Å². The zero-order valence-electron chi connectivity index (χ0n) is 7.27. The summed E-state index contributed by atoms with van der Waals surface area (Å²) in [6.07, 6.45) is 13.0. The van der Waals surface area contributed by atoms with Gasteiger partial charge in [-0.15, -0.1) is 0 Å². The first-order valence-corrected chi connectivity index (χ1v) is 4.45. The molecule has 1 rings (SSSR count). The van der Waals surface area contributed by atoms with Crippen molar-refractivity contribution in [1.29, 1.82) is 0 Å². The fourth-order valence-electron chi connectivity index (χ4n) is 1.33. The first kappa shape index (κ1) is 8.38. The Hall–Kier alpha value is -0.720. The van der Waals surface area contributed by atoms with E-state index in [0.29, 0.717) is 0 Å². The van der Waals surface area contributed by atoms with E-state index in [-0.39, 0.29) is 0 Å². The molecule has 0 aliphatic heterocycles. The molecular weight excluding hydrogens is 134 g/mol. The molecule has 0 heterocycles. The zero-order chi connectivity index (χ0) is 7.94. The van der Waals surface area contributed by atoms with Gasteiger partial charge in [-0.2, -0.15) is 0 Å². The van der Waals surface area contributed by atoms with Crippen molar-refractivity contribution in [2.45, 2.75) is 32.1 Å². The van der Waals surface area contributed by atoms with Gasteiger partial charge in [-0.1, -0.05) is 18.2 Å². The second-order valence-corrected chi connectivity index (χ2v) is 2.93. The highest BCUT2D eigenvalue weighted by Gasteiger charge is 1.94. The van der Waals surface area contributed by atoms with E-state index in [1.807, 2.05) is 7.05 Å². The molecule has 0 saturated carbocycles. The Kier molecular flexibility index (Phi) is 3.81. The van der Waals surface area contributed by atoms with Crippen molar-refractivity contribution in [3.05, 3.63) is 23.9 Å². The Morgan fingerprint density at radius 1 is 1.27 bits per heavy atom. The predicted molar refractivity (Wildman–Crippen MR) is 49.4 cm³/mol. The standard InChI is InChI=1S/C10H17N/c1-11-10-8-6-4-2-3-5-7-9-10/h2,4,8,11H,3,5-7,9H2,1H3/b4-2-,10-8+. The molecule has 1 N–H and O–H groups in total. The van der Waals surface area contributed by atoms with E-state index in [0.717, 1.165) is 6.42 Å². The van der Waals surface area contributed by atoms with Crippen LogP contribution in [0, 0.1) is 0 Å². The third kappa shape index (κ3) is 3.26. The minimum atomic E-state index is 1.09. The van der Waals surface area contributed by atoms with Gasteiger partial charge in [-0.3, -0.25) is 0 Å². The zero-order valence-corrected chi connectivity index (χ0v) is 7.27. The quantitative estimate of drug-likeness (QED) is 0.568. The van der Waals surface area contributed by atoms with E-state index in [4.69, 9.17) is 0 Å². The third-order valence-electron chi connectivity index (χ3n) is 2.06. The van der Waals surface area contributed by atoms with Crippen molar-refractivity contribution in [3.63, 3.8) is 0 Å². The fourth-order valence-corrected chi connectivity index (χ4v) is 1.33. The molecule has 0 spiro atoms. The largest absolute Gasteiger partial charge is 0.392 e. The van der Waals surface area contributed by atoms with Crippen LogP contribution in [0.2, 0.25) is 0 Å². The Morgan fingerprint density at radius 3 is 3.00 bits per heavy atom. The van der Waals surface area contributed by atoms with Crippen molar-refractivity contribution in [2.75, 3.05) is 7.05 Å². The summed E-state index contributed by atoms with van der Waals surface area (Å²) in [4.78, 5) is 0. The van der Waals surface area contributed by atoms with Crippen LogP contribution in [0.1, 0.15) is 32.1 Å². The van der Waals surface area contributed by atoms with Crippen LogP contribution >= 0.6 is 0 Å². The van der Waals surface area contributed by atoms with Gasteiger partial charge in [0.1, 0.15) is 0 Å². The van der Waals surface area contributed by atoms with Gasteiger partial charge in [-0.25, -0.2) is 0 Å². The second-order valence-electron chi connectivity index (χ2n) is 2.93. The van der Waals surface area contributed by atoms with E-state index >= 15 is 0 Å². The molecule has 62 valence electrons. The molecule has 0 amide bonds. The molecule has 0 saturated heterocycles. The Morgan fingerprint density at radius 2 is 2.18 bits per heavy atom. The molecule has 0 atom stereocenters. The van der Waals surface area contributed by atoms with Crippen LogP contribution in [0.15, 0.2) is 23.9 Å². The van der Waals surface area contributed by atoms with Crippen LogP contribution in [0.3, 0.4) is 0 Å². The highest BCUT2D eigenvalue weighted by Crippen LogP contribution is 2.10. The summed E-state index contributed by atoms with van der Waals surface area (Å²) in [6, 6.07) is 0. The summed E-state index contributed by atoms with van der Waals surface area (Å²) < 4.78 is 0. The van der Waals surface area contributed by atoms with Crippen LogP contribution in [0.5, 0.6) is 0 Å². The number of allylic oxidation sites excluding steroid dienone is 4. The number of nitrogens with one attached hydrogen (secondary N) is 1. The second kappa shape index (κ2) is 5.00.